The molecule has 0 fully saturated rings. The summed E-state index contributed by atoms with van der Waals surface area (Å²) in [6.07, 6.45) is 2.87. The van der Waals surface area contributed by atoms with Gasteiger partial charge in [-0.2, -0.15) is 5.10 Å². The molecule has 3 aromatic rings. The molecule has 0 aliphatic heterocycles. The zero-order valence-corrected chi connectivity index (χ0v) is 12.6. The first-order valence-electron chi connectivity index (χ1n) is 7.41. The van der Waals surface area contributed by atoms with Crippen molar-refractivity contribution in [3.05, 3.63) is 73.1 Å². The standard InChI is InChI=1S/C18H18N2O3/c21-15(13-20-12-4-11-19-20)14-22-16-7-9-18(10-8-16)23-17-5-2-1-3-6-17/h1-12,15,21H,13-14H2. The van der Waals surface area contributed by atoms with Gasteiger partial charge in [-0.3, -0.25) is 4.68 Å². The van der Waals surface area contributed by atoms with Crippen LogP contribution in [0.5, 0.6) is 17.2 Å². The molecule has 0 saturated carbocycles. The molecule has 1 aromatic heterocycles. The van der Waals surface area contributed by atoms with E-state index >= 15 is 0 Å². The number of benzene rings is 2. The molecule has 1 N–H and O–H groups in total. The third kappa shape index (κ3) is 4.59. The van der Waals surface area contributed by atoms with Crippen LogP contribution >= 0.6 is 0 Å². The topological polar surface area (TPSA) is 56.5 Å². The van der Waals surface area contributed by atoms with Gasteiger partial charge < -0.3 is 14.6 Å². The van der Waals surface area contributed by atoms with Crippen LogP contribution in [0.2, 0.25) is 0 Å². The van der Waals surface area contributed by atoms with Crippen LogP contribution in [0.15, 0.2) is 73.1 Å². The maximum atomic E-state index is 9.92. The van der Waals surface area contributed by atoms with E-state index in [1.807, 2.05) is 60.7 Å². The molecule has 1 atom stereocenters. The molecular weight excluding hydrogens is 292 g/mol. The van der Waals surface area contributed by atoms with Gasteiger partial charge in [0.2, 0.25) is 0 Å². The molecular formula is C18H18N2O3. The van der Waals surface area contributed by atoms with Gasteiger partial charge in [-0.15, -0.1) is 0 Å². The van der Waals surface area contributed by atoms with Crippen molar-refractivity contribution < 1.29 is 14.6 Å². The highest BCUT2D eigenvalue weighted by Crippen LogP contribution is 2.23. The lowest BCUT2D eigenvalue weighted by atomic mass is 10.3. The highest BCUT2D eigenvalue weighted by atomic mass is 16.5. The number of hydrogen-bond acceptors (Lipinski definition) is 4. The molecule has 0 aliphatic carbocycles. The molecule has 5 heteroatoms. The number of rotatable bonds is 7. The predicted molar refractivity (Wildman–Crippen MR) is 86.7 cm³/mol. The molecule has 5 nitrogen and oxygen atoms in total. The molecule has 0 spiro atoms. The quantitative estimate of drug-likeness (QED) is 0.728. The van der Waals surface area contributed by atoms with Crippen LogP contribution in [0.1, 0.15) is 0 Å². The van der Waals surface area contributed by atoms with E-state index in [2.05, 4.69) is 5.10 Å². The fourth-order valence-corrected chi connectivity index (χ4v) is 2.10. The van der Waals surface area contributed by atoms with Gasteiger partial charge in [0, 0.05) is 12.4 Å². The van der Waals surface area contributed by atoms with Gasteiger partial charge >= 0.3 is 0 Å². The van der Waals surface area contributed by atoms with Crippen molar-refractivity contribution in [1.82, 2.24) is 9.78 Å². The second kappa shape index (κ2) is 7.47. The zero-order valence-electron chi connectivity index (χ0n) is 12.6. The maximum Gasteiger partial charge on any atom is 0.127 e. The smallest absolute Gasteiger partial charge is 0.127 e. The molecule has 2 aromatic carbocycles. The van der Waals surface area contributed by atoms with Crippen LogP contribution in [0.25, 0.3) is 0 Å². The van der Waals surface area contributed by atoms with Gasteiger partial charge in [-0.25, -0.2) is 0 Å². The summed E-state index contributed by atoms with van der Waals surface area (Å²) in [6.45, 7) is 0.612. The summed E-state index contributed by atoms with van der Waals surface area (Å²) in [6, 6.07) is 18.7. The summed E-state index contributed by atoms with van der Waals surface area (Å²) < 4.78 is 13.0. The molecule has 118 valence electrons. The normalized spacial score (nSPS) is 11.9. The third-order valence-electron chi connectivity index (χ3n) is 3.20. The first-order valence-corrected chi connectivity index (χ1v) is 7.41. The lowest BCUT2D eigenvalue weighted by Gasteiger charge is -2.13. The molecule has 1 unspecified atom stereocenters. The monoisotopic (exact) mass is 310 g/mol. The van der Waals surface area contributed by atoms with Crippen molar-refractivity contribution in [1.29, 1.82) is 0 Å². The van der Waals surface area contributed by atoms with Crippen LogP contribution in [0.4, 0.5) is 0 Å². The first-order chi connectivity index (χ1) is 11.3. The van der Waals surface area contributed by atoms with Crippen LogP contribution in [0.3, 0.4) is 0 Å². The van der Waals surface area contributed by atoms with E-state index in [0.717, 1.165) is 11.5 Å². The van der Waals surface area contributed by atoms with Crippen LogP contribution in [0, 0.1) is 0 Å². The lowest BCUT2D eigenvalue weighted by molar-refractivity contribution is 0.0893. The van der Waals surface area contributed by atoms with Crippen molar-refractivity contribution in [3.63, 3.8) is 0 Å². The highest BCUT2D eigenvalue weighted by Gasteiger charge is 2.07. The first kappa shape index (κ1) is 15.1. The second-order valence-electron chi connectivity index (χ2n) is 5.08. The van der Waals surface area contributed by atoms with Crippen molar-refractivity contribution in [2.75, 3.05) is 6.61 Å². The number of aliphatic hydroxyl groups is 1. The van der Waals surface area contributed by atoms with Gasteiger partial charge in [0.15, 0.2) is 0 Å². The van der Waals surface area contributed by atoms with E-state index in [1.165, 1.54) is 0 Å². The Balaban J connectivity index is 1.49. The Kier molecular flexibility index (Phi) is 4.91. The summed E-state index contributed by atoms with van der Waals surface area (Å²) >= 11 is 0. The van der Waals surface area contributed by atoms with Gasteiger partial charge in [0.05, 0.1) is 6.54 Å². The molecule has 0 radical (unpaired) electrons. The largest absolute Gasteiger partial charge is 0.491 e. The lowest BCUT2D eigenvalue weighted by Crippen LogP contribution is -2.23. The fraction of sp³-hybridized carbons (Fsp3) is 0.167. The third-order valence-corrected chi connectivity index (χ3v) is 3.20. The van der Waals surface area contributed by atoms with Gasteiger partial charge in [0.1, 0.15) is 30.0 Å². The SMILES string of the molecule is OC(COc1ccc(Oc2ccccc2)cc1)Cn1cccn1. The van der Waals surface area contributed by atoms with E-state index in [-0.39, 0.29) is 6.61 Å². The van der Waals surface area contributed by atoms with Crippen molar-refractivity contribution >= 4 is 0 Å². The number of nitrogens with zero attached hydrogens (tertiary/aromatic N) is 2. The van der Waals surface area contributed by atoms with E-state index in [0.29, 0.717) is 12.3 Å². The van der Waals surface area contributed by atoms with E-state index in [1.54, 1.807) is 17.1 Å². The number of aromatic nitrogens is 2. The minimum atomic E-state index is -0.616. The molecule has 0 amide bonds. The van der Waals surface area contributed by atoms with Crippen molar-refractivity contribution in [2.24, 2.45) is 0 Å². The summed E-state index contributed by atoms with van der Waals surface area (Å²) in [7, 11) is 0. The number of ether oxygens (including phenoxy) is 2. The molecule has 23 heavy (non-hydrogen) atoms. The Hall–Kier alpha value is -2.79. The van der Waals surface area contributed by atoms with E-state index in [4.69, 9.17) is 9.47 Å². The molecule has 0 aliphatic rings. The Morgan fingerprint density at radius 2 is 1.61 bits per heavy atom. The van der Waals surface area contributed by atoms with Crippen LogP contribution in [-0.4, -0.2) is 27.6 Å². The molecule has 1 heterocycles. The number of hydrogen-bond donors (Lipinski definition) is 1. The fourth-order valence-electron chi connectivity index (χ4n) is 2.10. The number of aliphatic hydroxyl groups excluding tert-OH is 1. The van der Waals surface area contributed by atoms with E-state index in [9.17, 15) is 5.11 Å². The average Bonchev–Trinajstić information content (AvgIpc) is 3.08. The zero-order chi connectivity index (χ0) is 15.9. The maximum absolute atomic E-state index is 9.92. The van der Waals surface area contributed by atoms with Crippen LogP contribution < -0.4 is 9.47 Å². The Morgan fingerprint density at radius 3 is 2.30 bits per heavy atom. The predicted octanol–water partition coefficient (Wildman–Crippen LogP) is 3.12. The summed E-state index contributed by atoms with van der Waals surface area (Å²) in [5.74, 6) is 2.21. The molecule has 3 rings (SSSR count). The minimum Gasteiger partial charge on any atom is -0.491 e. The van der Waals surface area contributed by atoms with Crippen molar-refractivity contribution in [3.8, 4) is 17.2 Å². The summed E-state index contributed by atoms with van der Waals surface area (Å²) in [5, 5.41) is 14.0. The van der Waals surface area contributed by atoms with Crippen molar-refractivity contribution in [2.45, 2.75) is 12.6 Å². The van der Waals surface area contributed by atoms with Gasteiger partial charge in [0.25, 0.3) is 0 Å². The summed E-state index contributed by atoms with van der Waals surface area (Å²) in [4.78, 5) is 0. The van der Waals surface area contributed by atoms with Gasteiger partial charge in [-0.1, -0.05) is 18.2 Å². The van der Waals surface area contributed by atoms with Gasteiger partial charge in [-0.05, 0) is 42.5 Å². The highest BCUT2D eigenvalue weighted by molar-refractivity contribution is 5.35. The Morgan fingerprint density at radius 1 is 0.913 bits per heavy atom. The second-order valence-corrected chi connectivity index (χ2v) is 5.08. The average molecular weight is 310 g/mol. The molecule has 0 saturated heterocycles. The Bertz CT molecular complexity index is 697. The van der Waals surface area contributed by atoms with E-state index < -0.39 is 6.10 Å². The van der Waals surface area contributed by atoms with Crippen LogP contribution in [-0.2, 0) is 6.54 Å². The summed E-state index contributed by atoms with van der Waals surface area (Å²) in [5.41, 5.74) is 0. The molecule has 0 bridgehead atoms. The Labute approximate surface area is 134 Å². The number of para-hydroxylation sites is 1. The minimum absolute atomic E-state index is 0.207.